The van der Waals surface area contributed by atoms with Crippen LogP contribution in [0.15, 0.2) is 48.5 Å². The zero-order valence-corrected chi connectivity index (χ0v) is 20.1. The van der Waals surface area contributed by atoms with Crippen LogP contribution in [-0.2, 0) is 17.1 Å². The van der Waals surface area contributed by atoms with E-state index in [1.807, 2.05) is 24.3 Å². The van der Waals surface area contributed by atoms with Gasteiger partial charge in [-0.15, -0.1) is 23.1 Å². The van der Waals surface area contributed by atoms with Gasteiger partial charge in [-0.2, -0.15) is 0 Å². The molecule has 1 fully saturated rings. The molecular weight excluding hydrogens is 438 g/mol. The monoisotopic (exact) mass is 469 g/mol. The Bertz CT molecular complexity index is 969. The van der Waals surface area contributed by atoms with E-state index in [0.717, 1.165) is 35.0 Å². The van der Waals surface area contributed by atoms with E-state index in [9.17, 15) is 4.79 Å². The number of thioether (sulfide) groups is 1. The quantitative estimate of drug-likeness (QED) is 0.396. The van der Waals surface area contributed by atoms with Gasteiger partial charge in [0.05, 0.1) is 22.6 Å². The standard InChI is InChI=1S/C25H31N3O2S2/c29-24(18-31-19-25-27-22-10-2-3-11-23(22)32-25)26-12-7-15-30-21-9-6-8-20(16-21)17-28-13-4-1-5-14-28/h2-3,6,8-11,16H,1,4-5,7,12-15,17-19H2,(H,26,29). The van der Waals surface area contributed by atoms with Crippen molar-refractivity contribution in [3.8, 4) is 5.75 Å². The van der Waals surface area contributed by atoms with Gasteiger partial charge < -0.3 is 10.1 Å². The zero-order valence-electron chi connectivity index (χ0n) is 18.4. The normalized spacial score (nSPS) is 14.5. The topological polar surface area (TPSA) is 54.5 Å². The number of para-hydroxylation sites is 1. The van der Waals surface area contributed by atoms with E-state index in [0.29, 0.717) is 18.9 Å². The molecular formula is C25H31N3O2S2. The molecule has 0 radical (unpaired) electrons. The third-order valence-corrected chi connectivity index (χ3v) is 7.63. The Kier molecular flexibility index (Phi) is 8.82. The molecule has 2 aromatic carbocycles. The van der Waals surface area contributed by atoms with Crippen molar-refractivity contribution in [3.63, 3.8) is 0 Å². The third kappa shape index (κ3) is 7.22. The first kappa shape index (κ1) is 23.1. The van der Waals surface area contributed by atoms with Gasteiger partial charge in [0.1, 0.15) is 10.8 Å². The number of nitrogens with one attached hydrogen (secondary N) is 1. The molecule has 1 amide bonds. The van der Waals surface area contributed by atoms with Gasteiger partial charge in [-0.05, 0) is 62.2 Å². The van der Waals surface area contributed by atoms with Crippen LogP contribution < -0.4 is 10.1 Å². The molecule has 170 valence electrons. The molecule has 1 aliphatic heterocycles. The molecule has 0 aliphatic carbocycles. The van der Waals surface area contributed by atoms with Crippen LogP contribution in [0.1, 0.15) is 36.3 Å². The fourth-order valence-corrected chi connectivity index (χ4v) is 5.74. The summed E-state index contributed by atoms with van der Waals surface area (Å²) in [5.74, 6) is 2.20. The molecule has 0 spiro atoms. The number of hydrogen-bond donors (Lipinski definition) is 1. The number of amides is 1. The molecule has 0 atom stereocenters. The van der Waals surface area contributed by atoms with Gasteiger partial charge in [-0.1, -0.05) is 30.7 Å². The predicted molar refractivity (Wildman–Crippen MR) is 134 cm³/mol. The number of rotatable bonds is 11. The Labute approximate surface area is 198 Å². The predicted octanol–water partition coefficient (Wildman–Crippen LogP) is 5.10. The summed E-state index contributed by atoms with van der Waals surface area (Å²) < 4.78 is 7.10. The lowest BCUT2D eigenvalue weighted by Gasteiger charge is -2.26. The third-order valence-electron chi connectivity index (χ3n) is 5.46. The lowest BCUT2D eigenvalue weighted by Crippen LogP contribution is -2.29. The summed E-state index contributed by atoms with van der Waals surface area (Å²) in [4.78, 5) is 19.2. The van der Waals surface area contributed by atoms with Crippen LogP contribution in [0.3, 0.4) is 0 Å². The summed E-state index contributed by atoms with van der Waals surface area (Å²) in [6.45, 7) is 4.63. The van der Waals surface area contributed by atoms with E-state index in [4.69, 9.17) is 4.74 Å². The van der Waals surface area contributed by atoms with Crippen LogP contribution in [-0.4, -0.2) is 47.8 Å². The summed E-state index contributed by atoms with van der Waals surface area (Å²) in [7, 11) is 0. The number of aromatic nitrogens is 1. The Morgan fingerprint density at radius 2 is 2.00 bits per heavy atom. The van der Waals surface area contributed by atoms with Crippen molar-refractivity contribution in [2.75, 3.05) is 32.0 Å². The molecule has 4 rings (SSSR count). The van der Waals surface area contributed by atoms with Gasteiger partial charge in [-0.25, -0.2) is 4.98 Å². The first-order valence-corrected chi connectivity index (χ1v) is 13.4. The highest BCUT2D eigenvalue weighted by Gasteiger charge is 2.11. The molecule has 7 heteroatoms. The fraction of sp³-hybridized carbons (Fsp3) is 0.440. The smallest absolute Gasteiger partial charge is 0.230 e. The highest BCUT2D eigenvalue weighted by molar-refractivity contribution is 7.99. The van der Waals surface area contributed by atoms with E-state index in [1.165, 1.54) is 42.6 Å². The lowest BCUT2D eigenvalue weighted by atomic mass is 10.1. The van der Waals surface area contributed by atoms with E-state index >= 15 is 0 Å². The Morgan fingerprint density at radius 1 is 1.12 bits per heavy atom. The number of nitrogens with zero attached hydrogens (tertiary/aromatic N) is 2. The van der Waals surface area contributed by atoms with Gasteiger partial charge in [0.2, 0.25) is 5.91 Å². The Balaban J connectivity index is 1.08. The van der Waals surface area contributed by atoms with Crippen LogP contribution in [0.4, 0.5) is 0 Å². The molecule has 1 aliphatic rings. The van der Waals surface area contributed by atoms with Crippen molar-refractivity contribution in [2.45, 2.75) is 38.0 Å². The van der Waals surface area contributed by atoms with Crippen molar-refractivity contribution in [2.24, 2.45) is 0 Å². The number of hydrogen-bond acceptors (Lipinski definition) is 6. The van der Waals surface area contributed by atoms with E-state index in [-0.39, 0.29) is 5.91 Å². The molecule has 0 unspecified atom stereocenters. The fourth-order valence-electron chi connectivity index (χ4n) is 3.86. The number of ether oxygens (including phenoxy) is 1. The molecule has 1 N–H and O–H groups in total. The molecule has 32 heavy (non-hydrogen) atoms. The molecule has 3 aromatic rings. The maximum Gasteiger partial charge on any atom is 0.230 e. The summed E-state index contributed by atoms with van der Waals surface area (Å²) in [5, 5.41) is 4.05. The number of benzene rings is 2. The highest BCUT2D eigenvalue weighted by Crippen LogP contribution is 2.24. The highest BCUT2D eigenvalue weighted by atomic mass is 32.2. The van der Waals surface area contributed by atoms with Gasteiger partial charge >= 0.3 is 0 Å². The van der Waals surface area contributed by atoms with Crippen molar-refractivity contribution in [1.82, 2.24) is 15.2 Å². The minimum atomic E-state index is 0.0691. The maximum atomic E-state index is 12.1. The lowest BCUT2D eigenvalue weighted by molar-refractivity contribution is -0.118. The summed E-state index contributed by atoms with van der Waals surface area (Å²) in [5.41, 5.74) is 2.34. The van der Waals surface area contributed by atoms with Crippen molar-refractivity contribution in [1.29, 1.82) is 0 Å². The Morgan fingerprint density at radius 3 is 2.88 bits per heavy atom. The molecule has 1 aromatic heterocycles. The van der Waals surface area contributed by atoms with Crippen LogP contribution in [0.2, 0.25) is 0 Å². The summed E-state index contributed by atoms with van der Waals surface area (Å²) in [6, 6.07) is 16.5. The number of likely N-dealkylation sites (tertiary alicyclic amines) is 1. The van der Waals surface area contributed by atoms with Gasteiger partial charge in [0.15, 0.2) is 0 Å². The minimum Gasteiger partial charge on any atom is -0.494 e. The van der Waals surface area contributed by atoms with Crippen LogP contribution in [0.5, 0.6) is 5.75 Å². The van der Waals surface area contributed by atoms with Crippen LogP contribution >= 0.6 is 23.1 Å². The summed E-state index contributed by atoms with van der Waals surface area (Å²) >= 11 is 3.31. The molecule has 0 bridgehead atoms. The number of carbonyl (C=O) groups excluding carboxylic acids is 1. The van der Waals surface area contributed by atoms with Gasteiger partial charge in [-0.3, -0.25) is 9.69 Å². The molecule has 1 saturated heterocycles. The minimum absolute atomic E-state index is 0.0691. The first-order chi connectivity index (χ1) is 15.8. The van der Waals surface area contributed by atoms with E-state index in [1.54, 1.807) is 23.1 Å². The number of thiazole rings is 1. The second-order valence-electron chi connectivity index (χ2n) is 8.10. The average molecular weight is 470 g/mol. The number of carbonyl (C=O) groups is 1. The van der Waals surface area contributed by atoms with Crippen molar-refractivity contribution in [3.05, 3.63) is 59.1 Å². The zero-order chi connectivity index (χ0) is 22.0. The molecule has 5 nitrogen and oxygen atoms in total. The van der Waals surface area contributed by atoms with E-state index in [2.05, 4.69) is 39.5 Å². The van der Waals surface area contributed by atoms with Crippen molar-refractivity contribution < 1.29 is 9.53 Å². The van der Waals surface area contributed by atoms with Crippen LogP contribution in [0.25, 0.3) is 10.2 Å². The second kappa shape index (κ2) is 12.2. The largest absolute Gasteiger partial charge is 0.494 e. The SMILES string of the molecule is O=C(CSCc1nc2ccccc2s1)NCCCOc1cccc(CN2CCCCC2)c1. The second-order valence-corrected chi connectivity index (χ2v) is 10.2. The van der Waals surface area contributed by atoms with Gasteiger partial charge in [0.25, 0.3) is 0 Å². The number of fused-ring (bicyclic) bond motifs is 1. The summed E-state index contributed by atoms with van der Waals surface area (Å²) in [6.07, 6.45) is 4.77. The molecule has 0 saturated carbocycles. The maximum absolute atomic E-state index is 12.1. The number of piperidine rings is 1. The van der Waals surface area contributed by atoms with Crippen molar-refractivity contribution >= 4 is 39.2 Å². The Hall–Kier alpha value is -2.09. The van der Waals surface area contributed by atoms with Gasteiger partial charge in [0, 0.05) is 18.8 Å². The van der Waals surface area contributed by atoms with Crippen LogP contribution in [0, 0.1) is 0 Å². The average Bonchev–Trinajstić information content (AvgIpc) is 3.23. The van der Waals surface area contributed by atoms with E-state index < -0.39 is 0 Å². The molecule has 2 heterocycles. The first-order valence-electron chi connectivity index (χ1n) is 11.4.